The fourth-order valence-corrected chi connectivity index (χ4v) is 2.89. The third kappa shape index (κ3) is 3.07. The summed E-state index contributed by atoms with van der Waals surface area (Å²) in [6, 6.07) is 1.89. The zero-order valence-electron chi connectivity index (χ0n) is 11.4. The van der Waals surface area contributed by atoms with Crippen molar-refractivity contribution in [3.63, 3.8) is 0 Å². The van der Waals surface area contributed by atoms with Crippen LogP contribution in [0.15, 0.2) is 6.07 Å². The van der Waals surface area contributed by atoms with Gasteiger partial charge in [0.2, 0.25) is 0 Å². The molecule has 2 heterocycles. The van der Waals surface area contributed by atoms with Crippen LogP contribution >= 0.6 is 11.8 Å². The summed E-state index contributed by atoms with van der Waals surface area (Å²) in [6.45, 7) is 6.33. The summed E-state index contributed by atoms with van der Waals surface area (Å²) in [4.78, 5) is 11.3. The van der Waals surface area contributed by atoms with Crippen LogP contribution in [0.2, 0.25) is 0 Å². The summed E-state index contributed by atoms with van der Waals surface area (Å²) in [5.41, 5.74) is 5.88. The summed E-state index contributed by atoms with van der Waals surface area (Å²) in [6.07, 6.45) is 4.64. The Hall–Kier alpha value is -0.970. The number of nitrogens with two attached hydrogens (primary N) is 1. The average molecular weight is 266 g/mol. The van der Waals surface area contributed by atoms with E-state index in [0.29, 0.717) is 11.7 Å². The molecule has 0 bridgehead atoms. The molecule has 0 aliphatic carbocycles. The molecule has 1 fully saturated rings. The molecule has 1 saturated heterocycles. The number of aromatic nitrogens is 2. The molecule has 2 N–H and O–H groups in total. The van der Waals surface area contributed by atoms with Crippen LogP contribution in [-0.4, -0.2) is 34.6 Å². The van der Waals surface area contributed by atoms with E-state index in [0.717, 1.165) is 30.0 Å². The molecule has 18 heavy (non-hydrogen) atoms. The monoisotopic (exact) mass is 266 g/mol. The molecule has 1 aliphatic heterocycles. The fourth-order valence-electron chi connectivity index (χ4n) is 2.21. The van der Waals surface area contributed by atoms with Crippen molar-refractivity contribution in [3.05, 3.63) is 11.9 Å². The van der Waals surface area contributed by atoms with Crippen LogP contribution in [0.25, 0.3) is 0 Å². The van der Waals surface area contributed by atoms with Crippen molar-refractivity contribution in [1.29, 1.82) is 0 Å². The van der Waals surface area contributed by atoms with Gasteiger partial charge in [0, 0.05) is 30.3 Å². The first kappa shape index (κ1) is 13.5. The number of rotatable bonds is 3. The zero-order chi connectivity index (χ0) is 13.1. The van der Waals surface area contributed by atoms with E-state index in [1.54, 1.807) is 0 Å². The Morgan fingerprint density at radius 1 is 1.33 bits per heavy atom. The van der Waals surface area contributed by atoms with Gasteiger partial charge in [0.1, 0.15) is 17.5 Å². The van der Waals surface area contributed by atoms with Crippen molar-refractivity contribution in [1.82, 2.24) is 9.97 Å². The van der Waals surface area contributed by atoms with E-state index in [-0.39, 0.29) is 0 Å². The number of nitrogens with zero attached hydrogens (tertiary/aromatic N) is 3. The molecule has 1 aliphatic rings. The molecule has 0 unspecified atom stereocenters. The highest BCUT2D eigenvalue weighted by Gasteiger charge is 2.20. The highest BCUT2D eigenvalue weighted by Crippen LogP contribution is 2.25. The molecular weight excluding hydrogens is 244 g/mol. The van der Waals surface area contributed by atoms with Gasteiger partial charge in [0.15, 0.2) is 0 Å². The number of anilines is 2. The predicted molar refractivity (Wildman–Crippen MR) is 79.3 cm³/mol. The standard InChI is InChI=1S/C13H22N4S/c1-9(2)13-15-11(14)8-12(16-13)17-6-4-10(18-3)5-7-17/h8-10H,4-7H2,1-3H3,(H2,14,15,16). The lowest BCUT2D eigenvalue weighted by atomic mass is 10.1. The molecule has 0 radical (unpaired) electrons. The van der Waals surface area contributed by atoms with Gasteiger partial charge in [-0.25, -0.2) is 9.97 Å². The van der Waals surface area contributed by atoms with Gasteiger partial charge in [-0.15, -0.1) is 0 Å². The lowest BCUT2D eigenvalue weighted by Gasteiger charge is -2.32. The summed E-state index contributed by atoms with van der Waals surface area (Å²) in [5, 5.41) is 0.796. The topological polar surface area (TPSA) is 55.0 Å². The van der Waals surface area contributed by atoms with Gasteiger partial charge in [0.05, 0.1) is 0 Å². The summed E-state index contributed by atoms with van der Waals surface area (Å²) < 4.78 is 0. The van der Waals surface area contributed by atoms with E-state index < -0.39 is 0 Å². The quantitative estimate of drug-likeness (QED) is 0.911. The maximum Gasteiger partial charge on any atom is 0.135 e. The van der Waals surface area contributed by atoms with Crippen LogP contribution in [0.4, 0.5) is 11.6 Å². The first-order valence-electron chi connectivity index (χ1n) is 6.52. The van der Waals surface area contributed by atoms with E-state index in [9.17, 15) is 0 Å². The first-order chi connectivity index (χ1) is 8.60. The van der Waals surface area contributed by atoms with E-state index >= 15 is 0 Å². The highest BCUT2D eigenvalue weighted by molar-refractivity contribution is 7.99. The van der Waals surface area contributed by atoms with Gasteiger partial charge in [0.25, 0.3) is 0 Å². The SMILES string of the molecule is CSC1CCN(c2cc(N)nc(C(C)C)n2)CC1. The molecule has 5 heteroatoms. The van der Waals surface area contributed by atoms with Crippen molar-refractivity contribution in [3.8, 4) is 0 Å². The summed E-state index contributed by atoms with van der Waals surface area (Å²) in [5.74, 6) is 2.73. The van der Waals surface area contributed by atoms with Gasteiger partial charge in [-0.05, 0) is 19.1 Å². The Morgan fingerprint density at radius 2 is 2.00 bits per heavy atom. The van der Waals surface area contributed by atoms with Crippen molar-refractivity contribution >= 4 is 23.4 Å². The van der Waals surface area contributed by atoms with Crippen LogP contribution in [0, 0.1) is 0 Å². The molecule has 1 aromatic heterocycles. The van der Waals surface area contributed by atoms with E-state index in [1.165, 1.54) is 12.8 Å². The number of hydrogen-bond acceptors (Lipinski definition) is 5. The second kappa shape index (κ2) is 5.78. The van der Waals surface area contributed by atoms with Gasteiger partial charge >= 0.3 is 0 Å². The van der Waals surface area contributed by atoms with Crippen molar-refractivity contribution in [2.45, 2.75) is 37.9 Å². The molecule has 2 rings (SSSR count). The zero-order valence-corrected chi connectivity index (χ0v) is 12.2. The second-order valence-electron chi connectivity index (χ2n) is 5.09. The number of thioether (sulfide) groups is 1. The van der Waals surface area contributed by atoms with Crippen LogP contribution < -0.4 is 10.6 Å². The number of hydrogen-bond donors (Lipinski definition) is 1. The van der Waals surface area contributed by atoms with Crippen LogP contribution in [0.3, 0.4) is 0 Å². The number of nitrogen functional groups attached to an aromatic ring is 1. The van der Waals surface area contributed by atoms with Crippen LogP contribution in [-0.2, 0) is 0 Å². The van der Waals surface area contributed by atoms with Crippen LogP contribution in [0.5, 0.6) is 0 Å². The molecule has 0 atom stereocenters. The highest BCUT2D eigenvalue weighted by atomic mass is 32.2. The summed E-state index contributed by atoms with van der Waals surface area (Å²) in [7, 11) is 0. The number of piperidine rings is 1. The first-order valence-corrected chi connectivity index (χ1v) is 7.81. The lowest BCUT2D eigenvalue weighted by Crippen LogP contribution is -2.35. The molecule has 4 nitrogen and oxygen atoms in total. The van der Waals surface area contributed by atoms with E-state index in [1.807, 2.05) is 17.8 Å². The third-order valence-corrected chi connectivity index (χ3v) is 4.50. The van der Waals surface area contributed by atoms with Gasteiger partial charge < -0.3 is 10.6 Å². The molecule has 0 aromatic carbocycles. The normalized spacial score (nSPS) is 17.4. The molecule has 100 valence electrons. The Labute approximate surface area is 113 Å². The molecule has 0 spiro atoms. The van der Waals surface area contributed by atoms with Gasteiger partial charge in [-0.2, -0.15) is 11.8 Å². The smallest absolute Gasteiger partial charge is 0.135 e. The minimum atomic E-state index is 0.316. The Kier molecular flexibility index (Phi) is 4.32. The molecule has 1 aromatic rings. The van der Waals surface area contributed by atoms with Crippen molar-refractivity contribution in [2.75, 3.05) is 30.0 Å². The fraction of sp³-hybridized carbons (Fsp3) is 0.692. The second-order valence-corrected chi connectivity index (χ2v) is 6.22. The molecule has 0 amide bonds. The maximum absolute atomic E-state index is 5.88. The molecular formula is C13H22N4S. The van der Waals surface area contributed by atoms with Crippen molar-refractivity contribution in [2.24, 2.45) is 0 Å². The maximum atomic E-state index is 5.88. The predicted octanol–water partition coefficient (Wildman–Crippen LogP) is 2.51. The third-order valence-electron chi connectivity index (χ3n) is 3.37. The minimum Gasteiger partial charge on any atom is -0.384 e. The van der Waals surface area contributed by atoms with Gasteiger partial charge in [-0.3, -0.25) is 0 Å². The van der Waals surface area contributed by atoms with Gasteiger partial charge in [-0.1, -0.05) is 13.8 Å². The Bertz CT molecular complexity index is 400. The lowest BCUT2D eigenvalue weighted by molar-refractivity contribution is 0.584. The van der Waals surface area contributed by atoms with Crippen LogP contribution in [0.1, 0.15) is 38.4 Å². The van der Waals surface area contributed by atoms with Crippen molar-refractivity contribution < 1.29 is 0 Å². The minimum absolute atomic E-state index is 0.316. The average Bonchev–Trinajstić information content (AvgIpc) is 2.38. The van der Waals surface area contributed by atoms with E-state index in [2.05, 4.69) is 35.0 Å². The largest absolute Gasteiger partial charge is 0.384 e. The Morgan fingerprint density at radius 3 is 2.56 bits per heavy atom. The summed E-state index contributed by atoms with van der Waals surface area (Å²) >= 11 is 1.97. The Balaban J connectivity index is 2.13. The van der Waals surface area contributed by atoms with E-state index in [4.69, 9.17) is 5.73 Å². The molecule has 0 saturated carbocycles.